The molecule has 1 N–H and O–H groups in total. The third kappa shape index (κ3) is 4.46. The van der Waals surface area contributed by atoms with E-state index in [0.29, 0.717) is 29.0 Å². The summed E-state index contributed by atoms with van der Waals surface area (Å²) < 4.78 is 69.3. The van der Waals surface area contributed by atoms with Crippen molar-refractivity contribution >= 4 is 38.7 Å². The van der Waals surface area contributed by atoms with Crippen LogP contribution in [0.3, 0.4) is 0 Å². The van der Waals surface area contributed by atoms with E-state index in [1.807, 2.05) is 0 Å². The molecular weight excluding hydrogens is 449 g/mol. The zero-order chi connectivity index (χ0) is 22.4. The van der Waals surface area contributed by atoms with E-state index in [1.165, 1.54) is 14.0 Å². The maximum absolute atomic E-state index is 12.9. The molecule has 0 amide bonds. The van der Waals surface area contributed by atoms with Gasteiger partial charge < -0.3 is 9.72 Å². The van der Waals surface area contributed by atoms with Crippen molar-refractivity contribution in [1.29, 1.82) is 0 Å². The summed E-state index contributed by atoms with van der Waals surface area (Å²) in [6.45, 7) is 1.22. The molecule has 0 aliphatic carbocycles. The SMILES string of the molecule is COc1cccc2[nH]c(SCc3ccc(S(F)(F)(F)(F)F)cc3)c(C(C)=O)c(=O)c12. The number of methoxy groups -OCH3 is 1. The quantitative estimate of drug-likeness (QED) is 0.250. The highest BCUT2D eigenvalue weighted by Crippen LogP contribution is 3.02. The van der Waals surface area contributed by atoms with Gasteiger partial charge in [-0.15, -0.1) is 11.8 Å². The Kier molecular flexibility index (Phi) is 4.98. The number of hydrogen-bond donors (Lipinski definition) is 1. The molecule has 0 unspecified atom stereocenters. The number of carbonyl (C=O) groups excluding carboxylic acids is 1. The molecule has 0 spiro atoms. The van der Waals surface area contributed by atoms with Crippen LogP contribution in [0.25, 0.3) is 10.9 Å². The zero-order valence-corrected chi connectivity index (χ0v) is 17.3. The van der Waals surface area contributed by atoms with Crippen molar-refractivity contribution in [3.05, 3.63) is 63.8 Å². The monoisotopic (exact) mass is 465 g/mol. The topological polar surface area (TPSA) is 59.2 Å². The van der Waals surface area contributed by atoms with E-state index in [1.54, 1.807) is 18.2 Å². The summed E-state index contributed by atoms with van der Waals surface area (Å²) in [5, 5.41) is 0.430. The highest BCUT2D eigenvalue weighted by molar-refractivity contribution is 8.45. The number of nitrogens with one attached hydrogen (secondary N) is 1. The average Bonchev–Trinajstić information content (AvgIpc) is 2.64. The van der Waals surface area contributed by atoms with Gasteiger partial charge in [-0.25, -0.2) is 0 Å². The molecule has 0 fully saturated rings. The van der Waals surface area contributed by atoms with Crippen molar-refractivity contribution in [2.75, 3.05) is 7.11 Å². The predicted octanol–water partition coefficient (Wildman–Crippen LogP) is 6.69. The zero-order valence-electron chi connectivity index (χ0n) is 15.7. The van der Waals surface area contributed by atoms with Crippen LogP contribution in [0.1, 0.15) is 22.8 Å². The summed E-state index contributed by atoms with van der Waals surface area (Å²) in [5.41, 5.74) is 0.0860. The molecule has 0 aliphatic heterocycles. The fourth-order valence-electron chi connectivity index (χ4n) is 2.88. The number of carbonyl (C=O) groups is 1. The molecule has 3 aromatic rings. The number of ether oxygens (including phenoxy) is 1. The van der Waals surface area contributed by atoms with Crippen molar-refractivity contribution in [2.45, 2.75) is 22.6 Å². The summed E-state index contributed by atoms with van der Waals surface area (Å²) >= 11 is 1.01. The summed E-state index contributed by atoms with van der Waals surface area (Å²) in [6, 6.07) is 7.39. The highest BCUT2D eigenvalue weighted by Gasteiger charge is 2.65. The molecule has 0 radical (unpaired) electrons. The first kappa shape index (κ1) is 22.2. The van der Waals surface area contributed by atoms with E-state index in [0.717, 1.165) is 23.9 Å². The molecule has 2 aromatic carbocycles. The van der Waals surface area contributed by atoms with Crippen molar-refractivity contribution in [3.8, 4) is 5.75 Å². The number of fused-ring (bicyclic) bond motifs is 1. The van der Waals surface area contributed by atoms with Crippen LogP contribution in [0.5, 0.6) is 5.75 Å². The minimum absolute atomic E-state index is 0.0479. The van der Waals surface area contributed by atoms with Gasteiger partial charge in [-0.05, 0) is 36.8 Å². The average molecular weight is 465 g/mol. The van der Waals surface area contributed by atoms with Gasteiger partial charge in [0.15, 0.2) is 5.78 Å². The fraction of sp³-hybridized carbons (Fsp3) is 0.158. The van der Waals surface area contributed by atoms with Gasteiger partial charge in [0.25, 0.3) is 0 Å². The molecule has 0 aliphatic rings. The molecule has 1 aromatic heterocycles. The predicted molar refractivity (Wildman–Crippen MR) is 109 cm³/mol. The summed E-state index contributed by atoms with van der Waals surface area (Å²) in [7, 11) is -8.34. The Bertz CT molecular complexity index is 1210. The number of pyridine rings is 1. The molecule has 0 saturated heterocycles. The Labute approximate surface area is 172 Å². The van der Waals surface area contributed by atoms with E-state index in [4.69, 9.17) is 4.74 Å². The smallest absolute Gasteiger partial charge is 0.310 e. The Morgan fingerprint density at radius 3 is 2.23 bits per heavy atom. The molecule has 3 rings (SSSR count). The number of Topliss-reactive ketones (excluding diaryl/α,β-unsaturated/α-hetero) is 1. The first-order valence-electron chi connectivity index (χ1n) is 8.41. The fourth-order valence-corrected chi connectivity index (χ4v) is 4.60. The van der Waals surface area contributed by atoms with Crippen LogP contribution in [0.4, 0.5) is 19.4 Å². The number of hydrogen-bond acceptors (Lipinski definition) is 4. The molecule has 30 heavy (non-hydrogen) atoms. The van der Waals surface area contributed by atoms with E-state index >= 15 is 0 Å². The highest BCUT2D eigenvalue weighted by atomic mass is 32.5. The maximum atomic E-state index is 12.9. The Morgan fingerprint density at radius 2 is 1.70 bits per heavy atom. The van der Waals surface area contributed by atoms with Crippen LogP contribution in [-0.2, 0) is 5.75 Å². The number of aromatic amines is 1. The molecule has 4 nitrogen and oxygen atoms in total. The molecule has 0 bridgehead atoms. The summed E-state index contributed by atoms with van der Waals surface area (Å²) in [4.78, 5) is 26.0. The lowest BCUT2D eigenvalue weighted by molar-refractivity contribution is 0.101. The molecule has 0 atom stereocenters. The van der Waals surface area contributed by atoms with Gasteiger partial charge in [-0.1, -0.05) is 37.6 Å². The molecule has 1 heterocycles. The number of aromatic nitrogens is 1. The lowest BCUT2D eigenvalue weighted by Crippen LogP contribution is -2.17. The maximum Gasteiger partial charge on any atom is 0.310 e. The van der Waals surface area contributed by atoms with E-state index in [-0.39, 0.29) is 21.7 Å². The van der Waals surface area contributed by atoms with E-state index in [9.17, 15) is 29.0 Å². The molecule has 0 saturated carbocycles. The van der Waals surface area contributed by atoms with Crippen LogP contribution in [0, 0.1) is 0 Å². The summed E-state index contributed by atoms with van der Waals surface area (Å²) in [5.74, 6) is -0.158. The molecular formula is C19H16F5NO3S2. The van der Waals surface area contributed by atoms with Gasteiger partial charge in [0.2, 0.25) is 5.43 Å². The number of benzene rings is 2. The van der Waals surface area contributed by atoms with Crippen LogP contribution in [0.2, 0.25) is 0 Å². The van der Waals surface area contributed by atoms with Crippen molar-refractivity contribution in [3.63, 3.8) is 0 Å². The van der Waals surface area contributed by atoms with Gasteiger partial charge >= 0.3 is 10.2 Å². The largest absolute Gasteiger partial charge is 0.496 e. The van der Waals surface area contributed by atoms with Crippen LogP contribution >= 0.6 is 22.0 Å². The van der Waals surface area contributed by atoms with Crippen LogP contribution in [0.15, 0.2) is 57.2 Å². The van der Waals surface area contributed by atoms with Gasteiger partial charge in [0.05, 0.1) is 28.6 Å². The van der Waals surface area contributed by atoms with E-state index < -0.39 is 26.3 Å². The molecule has 162 valence electrons. The minimum Gasteiger partial charge on any atom is -0.496 e. The molecule has 11 heteroatoms. The normalized spacial score (nSPS) is 14.2. The first-order chi connectivity index (χ1) is 13.7. The van der Waals surface area contributed by atoms with Gasteiger partial charge in [-0.3, -0.25) is 9.59 Å². The van der Waals surface area contributed by atoms with Crippen LogP contribution in [-0.4, -0.2) is 17.9 Å². The first-order valence-corrected chi connectivity index (χ1v) is 11.3. The van der Waals surface area contributed by atoms with Gasteiger partial charge in [-0.2, -0.15) is 0 Å². The minimum atomic E-state index is -9.73. The second-order valence-electron chi connectivity index (χ2n) is 6.50. The standard InChI is InChI=1S/C19H16F5NO3S2/c1-11(26)16-18(27)17-14(4-3-5-15(17)28-2)25-19(16)29-10-12-6-8-13(9-7-12)30(20,21,22,23)24/h3-9H,10H2,1-2H3,(H,25,27). The number of ketones is 1. The number of rotatable bonds is 6. The Hall–Kier alpha value is -2.53. The number of halogens is 5. The number of H-pyrrole nitrogens is 1. The van der Waals surface area contributed by atoms with E-state index in [2.05, 4.69) is 4.98 Å². The third-order valence-corrected chi connectivity index (χ3v) is 6.52. The van der Waals surface area contributed by atoms with Gasteiger partial charge in [0.1, 0.15) is 10.6 Å². The Morgan fingerprint density at radius 1 is 1.07 bits per heavy atom. The van der Waals surface area contributed by atoms with Crippen LogP contribution < -0.4 is 10.2 Å². The third-order valence-electron chi connectivity index (χ3n) is 4.28. The van der Waals surface area contributed by atoms with Crippen molar-refractivity contribution in [1.82, 2.24) is 4.98 Å². The Balaban J connectivity index is 1.98. The summed E-state index contributed by atoms with van der Waals surface area (Å²) in [6.07, 6.45) is 0. The van der Waals surface area contributed by atoms with Crippen molar-refractivity contribution in [2.24, 2.45) is 0 Å². The van der Waals surface area contributed by atoms with Gasteiger partial charge in [0, 0.05) is 5.75 Å². The lowest BCUT2D eigenvalue weighted by Gasteiger charge is -2.40. The lowest BCUT2D eigenvalue weighted by atomic mass is 10.1. The number of thioether (sulfide) groups is 1. The van der Waals surface area contributed by atoms with Crippen molar-refractivity contribution < 1.29 is 29.0 Å². The second kappa shape index (κ2) is 6.74. The second-order valence-corrected chi connectivity index (χ2v) is 9.89.